The lowest BCUT2D eigenvalue weighted by Gasteiger charge is -2.26. The highest BCUT2D eigenvalue weighted by atomic mass is 16.1. The number of hydrogen-bond donors (Lipinski definition) is 2. The summed E-state index contributed by atoms with van der Waals surface area (Å²) in [7, 11) is 0. The molecule has 5 nitrogen and oxygen atoms in total. The Kier molecular flexibility index (Phi) is 4.60. The third-order valence-electron chi connectivity index (χ3n) is 4.24. The molecule has 1 aromatic rings. The standard InChI is InChI=1S/C15H23N3O2/c1-4-18(5-2)7-6-11-8-16-15-13(14(11)20)10(3)12(9-19)17-15/h9,11,16-17H,4-8H2,1-3H3. The maximum atomic E-state index is 12.6. The summed E-state index contributed by atoms with van der Waals surface area (Å²) in [6.45, 7) is 9.69. The molecular formula is C15H23N3O2. The zero-order valence-electron chi connectivity index (χ0n) is 12.5. The molecule has 1 atom stereocenters. The van der Waals surface area contributed by atoms with Gasteiger partial charge in [0.25, 0.3) is 0 Å². The van der Waals surface area contributed by atoms with Gasteiger partial charge in [-0.25, -0.2) is 0 Å². The Labute approximate surface area is 119 Å². The maximum Gasteiger partial charge on any atom is 0.171 e. The highest BCUT2D eigenvalue weighted by molar-refractivity contribution is 6.07. The first kappa shape index (κ1) is 14.8. The summed E-state index contributed by atoms with van der Waals surface area (Å²) in [5, 5.41) is 3.24. The highest BCUT2D eigenvalue weighted by Crippen LogP contribution is 2.30. The van der Waals surface area contributed by atoms with Gasteiger partial charge in [0.05, 0.1) is 11.3 Å². The average molecular weight is 277 g/mol. The van der Waals surface area contributed by atoms with Crippen molar-refractivity contribution < 1.29 is 9.59 Å². The van der Waals surface area contributed by atoms with Gasteiger partial charge in [-0.05, 0) is 38.5 Å². The van der Waals surface area contributed by atoms with Gasteiger partial charge in [-0.2, -0.15) is 0 Å². The number of nitrogens with zero attached hydrogens (tertiary/aromatic N) is 1. The van der Waals surface area contributed by atoms with E-state index >= 15 is 0 Å². The second kappa shape index (κ2) is 6.22. The van der Waals surface area contributed by atoms with E-state index in [-0.39, 0.29) is 11.7 Å². The molecule has 0 aliphatic carbocycles. The molecule has 20 heavy (non-hydrogen) atoms. The van der Waals surface area contributed by atoms with Crippen molar-refractivity contribution in [2.75, 3.05) is 31.5 Å². The van der Waals surface area contributed by atoms with Crippen molar-refractivity contribution in [3.63, 3.8) is 0 Å². The molecule has 1 aromatic heterocycles. The molecule has 1 aliphatic rings. The Bertz CT molecular complexity index is 503. The average Bonchev–Trinajstić information content (AvgIpc) is 2.79. The van der Waals surface area contributed by atoms with Crippen LogP contribution in [0.5, 0.6) is 0 Å². The molecule has 0 bridgehead atoms. The van der Waals surface area contributed by atoms with E-state index in [4.69, 9.17) is 0 Å². The van der Waals surface area contributed by atoms with Crippen LogP contribution in [0.4, 0.5) is 5.82 Å². The quantitative estimate of drug-likeness (QED) is 0.781. The number of aromatic nitrogens is 1. The van der Waals surface area contributed by atoms with Crippen molar-refractivity contribution in [2.45, 2.75) is 27.2 Å². The predicted octanol–water partition coefficient (Wildman–Crippen LogP) is 2.09. The fourth-order valence-corrected chi connectivity index (χ4v) is 2.81. The van der Waals surface area contributed by atoms with Crippen LogP contribution in [0.3, 0.4) is 0 Å². The Morgan fingerprint density at radius 1 is 1.35 bits per heavy atom. The lowest BCUT2D eigenvalue weighted by Crippen LogP contribution is -2.34. The van der Waals surface area contributed by atoms with Crippen LogP contribution in [-0.4, -0.2) is 48.1 Å². The molecule has 0 saturated heterocycles. The number of rotatable bonds is 6. The third kappa shape index (κ3) is 2.63. The Balaban J connectivity index is 2.11. The van der Waals surface area contributed by atoms with Crippen LogP contribution in [-0.2, 0) is 0 Å². The summed E-state index contributed by atoms with van der Waals surface area (Å²) in [6, 6.07) is 0. The van der Waals surface area contributed by atoms with Gasteiger partial charge >= 0.3 is 0 Å². The predicted molar refractivity (Wildman–Crippen MR) is 79.6 cm³/mol. The minimum Gasteiger partial charge on any atom is -0.370 e. The van der Waals surface area contributed by atoms with Crippen molar-refractivity contribution in [3.05, 3.63) is 16.8 Å². The second-order valence-electron chi connectivity index (χ2n) is 5.29. The molecule has 1 aliphatic heterocycles. The molecule has 5 heteroatoms. The topological polar surface area (TPSA) is 65.2 Å². The van der Waals surface area contributed by atoms with Gasteiger partial charge in [-0.1, -0.05) is 13.8 Å². The van der Waals surface area contributed by atoms with Crippen LogP contribution >= 0.6 is 0 Å². The van der Waals surface area contributed by atoms with Crippen molar-refractivity contribution in [2.24, 2.45) is 5.92 Å². The molecule has 0 aromatic carbocycles. The number of H-pyrrole nitrogens is 1. The Morgan fingerprint density at radius 3 is 2.65 bits per heavy atom. The van der Waals surface area contributed by atoms with Gasteiger partial charge in [0.1, 0.15) is 5.82 Å². The lowest BCUT2D eigenvalue weighted by molar-refractivity contribution is 0.0906. The minimum absolute atomic E-state index is 0.00268. The number of ketones is 1. The summed E-state index contributed by atoms with van der Waals surface area (Å²) in [4.78, 5) is 28.8. The molecule has 2 heterocycles. The van der Waals surface area contributed by atoms with E-state index in [1.54, 1.807) is 0 Å². The fraction of sp³-hybridized carbons (Fsp3) is 0.600. The molecule has 2 rings (SSSR count). The lowest BCUT2D eigenvalue weighted by atomic mass is 9.90. The Hall–Kier alpha value is -1.62. The number of carbonyl (C=O) groups is 2. The molecule has 110 valence electrons. The van der Waals surface area contributed by atoms with Gasteiger partial charge < -0.3 is 15.2 Å². The molecule has 0 saturated carbocycles. The maximum absolute atomic E-state index is 12.6. The molecule has 0 radical (unpaired) electrons. The molecule has 0 amide bonds. The Morgan fingerprint density at radius 2 is 2.05 bits per heavy atom. The van der Waals surface area contributed by atoms with E-state index < -0.39 is 0 Å². The molecular weight excluding hydrogens is 254 g/mol. The third-order valence-corrected chi connectivity index (χ3v) is 4.24. The first-order valence-electron chi connectivity index (χ1n) is 7.30. The van der Waals surface area contributed by atoms with Gasteiger partial charge in [0.2, 0.25) is 0 Å². The van der Waals surface area contributed by atoms with Gasteiger partial charge in [0.15, 0.2) is 12.1 Å². The number of hydrogen-bond acceptors (Lipinski definition) is 4. The summed E-state index contributed by atoms with van der Waals surface area (Å²) in [6.07, 6.45) is 1.63. The highest BCUT2D eigenvalue weighted by Gasteiger charge is 2.31. The van der Waals surface area contributed by atoms with E-state index in [0.717, 1.165) is 37.9 Å². The van der Waals surface area contributed by atoms with E-state index in [2.05, 4.69) is 29.0 Å². The monoisotopic (exact) mass is 277 g/mol. The zero-order chi connectivity index (χ0) is 14.7. The smallest absolute Gasteiger partial charge is 0.171 e. The number of anilines is 1. The summed E-state index contributed by atoms with van der Waals surface area (Å²) >= 11 is 0. The number of carbonyl (C=O) groups excluding carboxylic acids is 2. The molecule has 2 N–H and O–H groups in total. The normalized spacial score (nSPS) is 18.0. The van der Waals surface area contributed by atoms with Crippen LogP contribution < -0.4 is 5.32 Å². The summed E-state index contributed by atoms with van der Waals surface area (Å²) in [5.74, 6) is 0.860. The van der Waals surface area contributed by atoms with E-state index in [1.807, 2.05) is 6.92 Å². The second-order valence-corrected chi connectivity index (χ2v) is 5.29. The van der Waals surface area contributed by atoms with Crippen molar-refractivity contribution in [1.82, 2.24) is 9.88 Å². The number of fused-ring (bicyclic) bond motifs is 1. The summed E-state index contributed by atoms with van der Waals surface area (Å²) in [5.41, 5.74) is 1.93. The van der Waals surface area contributed by atoms with Crippen LogP contribution in [0.15, 0.2) is 0 Å². The van der Waals surface area contributed by atoms with Crippen molar-refractivity contribution >= 4 is 17.9 Å². The van der Waals surface area contributed by atoms with Gasteiger partial charge in [0, 0.05) is 12.5 Å². The first-order chi connectivity index (χ1) is 9.62. The number of Topliss-reactive ketones (excluding diaryl/α,β-unsaturated/α-hetero) is 1. The molecule has 0 fully saturated rings. The van der Waals surface area contributed by atoms with Crippen molar-refractivity contribution in [1.29, 1.82) is 0 Å². The van der Waals surface area contributed by atoms with Crippen LogP contribution in [0, 0.1) is 12.8 Å². The van der Waals surface area contributed by atoms with Gasteiger partial charge in [-0.3, -0.25) is 9.59 Å². The van der Waals surface area contributed by atoms with Gasteiger partial charge in [-0.15, -0.1) is 0 Å². The van der Waals surface area contributed by atoms with E-state index in [9.17, 15) is 9.59 Å². The molecule has 0 spiro atoms. The number of aromatic amines is 1. The van der Waals surface area contributed by atoms with E-state index in [1.165, 1.54) is 0 Å². The van der Waals surface area contributed by atoms with Crippen LogP contribution in [0.2, 0.25) is 0 Å². The van der Waals surface area contributed by atoms with E-state index in [0.29, 0.717) is 23.6 Å². The minimum atomic E-state index is -0.00268. The molecule has 1 unspecified atom stereocenters. The van der Waals surface area contributed by atoms with Crippen LogP contribution in [0.1, 0.15) is 46.7 Å². The zero-order valence-corrected chi connectivity index (χ0v) is 12.5. The van der Waals surface area contributed by atoms with Crippen LogP contribution in [0.25, 0.3) is 0 Å². The van der Waals surface area contributed by atoms with Crippen molar-refractivity contribution in [3.8, 4) is 0 Å². The first-order valence-corrected chi connectivity index (χ1v) is 7.30. The number of aldehydes is 1. The summed E-state index contributed by atoms with van der Waals surface area (Å²) < 4.78 is 0. The fourth-order valence-electron chi connectivity index (χ4n) is 2.81. The number of nitrogens with one attached hydrogen (secondary N) is 2. The SMILES string of the molecule is CCN(CC)CCC1CNc2[nH]c(C=O)c(C)c2C1=O. The largest absolute Gasteiger partial charge is 0.370 e.